The van der Waals surface area contributed by atoms with Crippen LogP contribution in [-0.2, 0) is 0 Å². The van der Waals surface area contributed by atoms with Crippen molar-refractivity contribution in [1.82, 2.24) is 10.3 Å². The number of rotatable bonds is 2. The van der Waals surface area contributed by atoms with Gasteiger partial charge in [0, 0.05) is 18.2 Å². The van der Waals surface area contributed by atoms with Crippen LogP contribution >= 0.6 is 0 Å². The van der Waals surface area contributed by atoms with Crippen molar-refractivity contribution in [2.75, 3.05) is 5.32 Å². The van der Waals surface area contributed by atoms with Gasteiger partial charge in [-0.3, -0.25) is 4.79 Å². The van der Waals surface area contributed by atoms with E-state index in [1.807, 2.05) is 24.3 Å². The van der Waals surface area contributed by atoms with Crippen molar-refractivity contribution in [3.63, 3.8) is 0 Å². The number of nitrogens with zero attached hydrogens (tertiary/aromatic N) is 1. The molecule has 0 radical (unpaired) electrons. The topological polar surface area (TPSA) is 83.5 Å². The van der Waals surface area contributed by atoms with Crippen LogP contribution in [0.4, 0.5) is 5.82 Å². The number of pyridine rings is 1. The van der Waals surface area contributed by atoms with Gasteiger partial charge in [0.2, 0.25) is 0 Å². The minimum absolute atomic E-state index is 0.191. The van der Waals surface area contributed by atoms with E-state index in [0.717, 1.165) is 0 Å². The summed E-state index contributed by atoms with van der Waals surface area (Å²) in [5.41, 5.74) is 0.577. The second-order valence-electron chi connectivity index (χ2n) is 5.85. The zero-order valence-corrected chi connectivity index (χ0v) is 12.3. The summed E-state index contributed by atoms with van der Waals surface area (Å²) < 4.78 is 5.91. The van der Waals surface area contributed by atoms with Crippen molar-refractivity contribution in [2.45, 2.75) is 30.7 Å². The Hall–Kier alpha value is -2.60. The number of anilines is 1. The highest BCUT2D eigenvalue weighted by Crippen LogP contribution is 2.36. The molecule has 1 amide bonds. The molecule has 2 aliphatic rings. The van der Waals surface area contributed by atoms with Crippen LogP contribution in [0.15, 0.2) is 48.7 Å². The van der Waals surface area contributed by atoms with Crippen LogP contribution in [-0.4, -0.2) is 40.3 Å². The molecule has 1 aromatic heterocycles. The molecule has 1 aromatic carbocycles. The number of aliphatic hydroxyl groups excluding tert-OH is 1. The highest BCUT2D eigenvalue weighted by Gasteiger charge is 2.47. The third-order valence-electron chi connectivity index (χ3n) is 4.37. The van der Waals surface area contributed by atoms with Crippen molar-refractivity contribution in [3.8, 4) is 5.75 Å². The number of amides is 1. The molecule has 3 N–H and O–H groups in total. The lowest BCUT2D eigenvalue weighted by atomic mass is 10.1. The number of benzene rings is 1. The molecule has 2 heterocycles. The summed E-state index contributed by atoms with van der Waals surface area (Å²) in [6.07, 6.45) is 1.29. The summed E-state index contributed by atoms with van der Waals surface area (Å²) in [5, 5.41) is 16.6. The Labute approximate surface area is 133 Å². The van der Waals surface area contributed by atoms with E-state index in [9.17, 15) is 9.90 Å². The maximum atomic E-state index is 12.3. The zero-order chi connectivity index (χ0) is 15.8. The van der Waals surface area contributed by atoms with Crippen molar-refractivity contribution >= 4 is 11.7 Å². The lowest BCUT2D eigenvalue weighted by Gasteiger charge is -2.30. The van der Waals surface area contributed by atoms with E-state index < -0.39 is 6.10 Å². The molecule has 2 aromatic rings. The van der Waals surface area contributed by atoms with Gasteiger partial charge in [-0.15, -0.1) is 0 Å². The highest BCUT2D eigenvalue weighted by molar-refractivity contribution is 5.94. The van der Waals surface area contributed by atoms with E-state index in [1.165, 1.54) is 0 Å². The van der Waals surface area contributed by atoms with Gasteiger partial charge in [-0.05, 0) is 24.3 Å². The fourth-order valence-corrected chi connectivity index (χ4v) is 3.21. The molecule has 4 rings (SSSR count). The van der Waals surface area contributed by atoms with Crippen molar-refractivity contribution < 1.29 is 14.6 Å². The molecule has 23 heavy (non-hydrogen) atoms. The van der Waals surface area contributed by atoms with E-state index in [-0.39, 0.29) is 24.1 Å². The Morgan fingerprint density at radius 2 is 2.09 bits per heavy atom. The first-order chi connectivity index (χ1) is 11.2. The molecule has 6 nitrogen and oxygen atoms in total. The van der Waals surface area contributed by atoms with E-state index >= 15 is 0 Å². The molecular weight excluding hydrogens is 294 g/mol. The number of hydrogen-bond acceptors (Lipinski definition) is 5. The van der Waals surface area contributed by atoms with Gasteiger partial charge < -0.3 is 20.5 Å². The molecule has 6 heteroatoms. The molecule has 0 bridgehead atoms. The first kappa shape index (κ1) is 14.0. The fraction of sp³-hybridized carbons (Fsp3) is 0.294. The lowest BCUT2D eigenvalue weighted by Crippen LogP contribution is -2.47. The largest absolute Gasteiger partial charge is 0.484 e. The number of carbonyl (C=O) groups excluding carboxylic acids is 1. The van der Waals surface area contributed by atoms with Crippen molar-refractivity contribution in [1.29, 1.82) is 0 Å². The summed E-state index contributed by atoms with van der Waals surface area (Å²) in [5.74, 6) is 1.11. The van der Waals surface area contributed by atoms with Gasteiger partial charge in [0.1, 0.15) is 6.10 Å². The third-order valence-corrected chi connectivity index (χ3v) is 4.37. The summed E-state index contributed by atoms with van der Waals surface area (Å²) in [7, 11) is 0. The van der Waals surface area contributed by atoms with Crippen LogP contribution in [0.5, 0.6) is 5.75 Å². The Kier molecular flexibility index (Phi) is 3.38. The second-order valence-corrected chi connectivity index (χ2v) is 5.85. The van der Waals surface area contributed by atoms with Gasteiger partial charge in [-0.1, -0.05) is 18.2 Å². The number of fused-ring (bicyclic) bond motifs is 2. The Morgan fingerprint density at radius 1 is 1.26 bits per heavy atom. The Bertz CT molecular complexity index is 722. The summed E-state index contributed by atoms with van der Waals surface area (Å²) in [6.45, 7) is 0. The summed E-state index contributed by atoms with van der Waals surface area (Å²) in [6, 6.07) is 12.0. The van der Waals surface area contributed by atoms with Gasteiger partial charge in [0.05, 0.1) is 18.2 Å². The molecule has 0 saturated heterocycles. The maximum absolute atomic E-state index is 12.3. The number of nitrogens with one attached hydrogen (secondary N) is 2. The van der Waals surface area contributed by atoms with Gasteiger partial charge in [0.25, 0.3) is 5.91 Å². The highest BCUT2D eigenvalue weighted by atomic mass is 16.5. The second kappa shape index (κ2) is 5.55. The normalized spacial score (nSPS) is 28.0. The van der Waals surface area contributed by atoms with Crippen LogP contribution in [0.1, 0.15) is 16.8 Å². The van der Waals surface area contributed by atoms with Gasteiger partial charge in [-0.25, -0.2) is 4.98 Å². The van der Waals surface area contributed by atoms with Crippen LogP contribution in [0.25, 0.3) is 0 Å². The SMILES string of the molecule is O=C(N[C@@H]1C[C@H]2Oc3cccnc3N[C@H]2[C@@H]1O)c1ccccc1. The molecule has 1 fully saturated rings. The number of ether oxygens (including phenoxy) is 1. The van der Waals surface area contributed by atoms with Crippen molar-refractivity contribution in [2.24, 2.45) is 0 Å². The lowest BCUT2D eigenvalue weighted by molar-refractivity contribution is 0.0852. The quantitative estimate of drug-likeness (QED) is 0.776. The molecule has 1 aliphatic carbocycles. The molecule has 118 valence electrons. The van der Waals surface area contributed by atoms with E-state index in [2.05, 4.69) is 15.6 Å². The van der Waals surface area contributed by atoms with Crippen LogP contribution in [0, 0.1) is 0 Å². The average molecular weight is 311 g/mol. The van der Waals surface area contributed by atoms with Gasteiger partial charge in [0.15, 0.2) is 11.6 Å². The number of hydrogen-bond donors (Lipinski definition) is 3. The monoisotopic (exact) mass is 311 g/mol. The maximum Gasteiger partial charge on any atom is 0.251 e. The first-order valence-electron chi connectivity index (χ1n) is 7.64. The van der Waals surface area contributed by atoms with Gasteiger partial charge >= 0.3 is 0 Å². The van der Waals surface area contributed by atoms with Crippen LogP contribution < -0.4 is 15.4 Å². The number of aromatic nitrogens is 1. The third kappa shape index (κ3) is 2.51. The minimum Gasteiger partial charge on any atom is -0.484 e. The standard InChI is InChI=1S/C17H17N3O3/c21-15-11(19-17(22)10-5-2-1-3-6-10)9-13-14(15)20-16-12(23-13)7-4-8-18-16/h1-8,11,13-15,21H,9H2,(H,18,20)(H,19,22)/t11-,13-,14-,15-/m1/s1. The van der Waals surface area contributed by atoms with E-state index in [1.54, 1.807) is 24.4 Å². The van der Waals surface area contributed by atoms with Crippen LogP contribution in [0.2, 0.25) is 0 Å². The smallest absolute Gasteiger partial charge is 0.251 e. The first-order valence-corrected chi connectivity index (χ1v) is 7.64. The summed E-state index contributed by atoms with van der Waals surface area (Å²) in [4.78, 5) is 16.5. The van der Waals surface area contributed by atoms with Crippen LogP contribution in [0.3, 0.4) is 0 Å². The van der Waals surface area contributed by atoms with E-state index in [0.29, 0.717) is 23.6 Å². The molecule has 0 spiro atoms. The molecule has 1 aliphatic heterocycles. The molecular formula is C17H17N3O3. The molecule has 4 atom stereocenters. The number of carbonyl (C=O) groups is 1. The minimum atomic E-state index is -0.734. The Morgan fingerprint density at radius 3 is 2.91 bits per heavy atom. The van der Waals surface area contributed by atoms with E-state index in [4.69, 9.17) is 4.74 Å². The fourth-order valence-electron chi connectivity index (χ4n) is 3.21. The van der Waals surface area contributed by atoms with Crippen molar-refractivity contribution in [3.05, 3.63) is 54.2 Å². The predicted molar refractivity (Wildman–Crippen MR) is 84.4 cm³/mol. The summed E-state index contributed by atoms with van der Waals surface area (Å²) >= 11 is 0. The number of aliphatic hydroxyl groups is 1. The van der Waals surface area contributed by atoms with Gasteiger partial charge in [-0.2, -0.15) is 0 Å². The molecule has 0 unspecified atom stereocenters. The zero-order valence-electron chi connectivity index (χ0n) is 12.3. The Balaban J connectivity index is 1.48. The average Bonchev–Trinajstić information content (AvgIpc) is 2.89. The predicted octanol–water partition coefficient (Wildman–Crippen LogP) is 1.19. The molecule has 1 saturated carbocycles.